The smallest absolute Gasteiger partial charge is 0.251 e. The molecule has 0 aliphatic rings. The first kappa shape index (κ1) is 14.4. The van der Waals surface area contributed by atoms with Crippen LogP contribution in [-0.2, 0) is 6.54 Å². The SMILES string of the molecule is Cc1nc(-c2ccc(Cn3cc4ccccc4cc3=O)cc2)no1. The second-order valence-corrected chi connectivity index (χ2v) is 5.70. The highest BCUT2D eigenvalue weighted by atomic mass is 16.5. The number of rotatable bonds is 3. The van der Waals surface area contributed by atoms with Crippen LogP contribution in [0.5, 0.6) is 0 Å². The maximum atomic E-state index is 12.3. The Morgan fingerprint density at radius 1 is 1.04 bits per heavy atom. The van der Waals surface area contributed by atoms with Gasteiger partial charge < -0.3 is 9.09 Å². The molecule has 2 heterocycles. The van der Waals surface area contributed by atoms with Gasteiger partial charge in [0.15, 0.2) is 0 Å². The third-order valence-electron chi connectivity index (χ3n) is 3.95. The van der Waals surface area contributed by atoms with Gasteiger partial charge in [-0.25, -0.2) is 0 Å². The minimum absolute atomic E-state index is 0.00781. The maximum absolute atomic E-state index is 12.3. The van der Waals surface area contributed by atoms with Crippen molar-refractivity contribution in [3.05, 3.63) is 82.6 Å². The standard InChI is InChI=1S/C19H15N3O2/c1-13-20-19(21-24-13)15-8-6-14(7-9-15)11-22-12-17-5-3-2-4-16(17)10-18(22)23/h2-10,12H,11H2,1H3. The molecule has 0 fully saturated rings. The molecule has 0 aliphatic heterocycles. The lowest BCUT2D eigenvalue weighted by Gasteiger charge is -2.08. The second kappa shape index (κ2) is 5.77. The van der Waals surface area contributed by atoms with E-state index >= 15 is 0 Å². The third-order valence-corrected chi connectivity index (χ3v) is 3.95. The number of aryl methyl sites for hydroxylation is 1. The fraction of sp³-hybridized carbons (Fsp3) is 0.105. The van der Waals surface area contributed by atoms with Crippen LogP contribution in [-0.4, -0.2) is 14.7 Å². The number of hydrogen-bond donors (Lipinski definition) is 0. The average Bonchev–Trinajstić information content (AvgIpc) is 3.03. The molecule has 24 heavy (non-hydrogen) atoms. The highest BCUT2D eigenvalue weighted by Crippen LogP contribution is 2.17. The van der Waals surface area contributed by atoms with E-state index in [9.17, 15) is 4.79 Å². The Kier molecular flexibility index (Phi) is 3.46. The Morgan fingerprint density at radius 2 is 1.79 bits per heavy atom. The zero-order valence-corrected chi connectivity index (χ0v) is 13.1. The zero-order valence-electron chi connectivity index (χ0n) is 13.1. The summed E-state index contributed by atoms with van der Waals surface area (Å²) in [6, 6.07) is 17.4. The minimum Gasteiger partial charge on any atom is -0.339 e. The lowest BCUT2D eigenvalue weighted by atomic mass is 10.1. The molecular weight excluding hydrogens is 302 g/mol. The Balaban J connectivity index is 1.63. The van der Waals surface area contributed by atoms with Crippen LogP contribution in [0.25, 0.3) is 22.2 Å². The van der Waals surface area contributed by atoms with E-state index < -0.39 is 0 Å². The van der Waals surface area contributed by atoms with Crippen molar-refractivity contribution in [3.8, 4) is 11.4 Å². The van der Waals surface area contributed by atoms with Gasteiger partial charge in [-0.1, -0.05) is 53.7 Å². The third kappa shape index (κ3) is 2.72. The molecule has 0 saturated carbocycles. The van der Waals surface area contributed by atoms with Crippen LogP contribution < -0.4 is 5.56 Å². The molecule has 0 atom stereocenters. The number of hydrogen-bond acceptors (Lipinski definition) is 4. The number of aromatic nitrogens is 3. The number of nitrogens with zero attached hydrogens (tertiary/aromatic N) is 3. The largest absolute Gasteiger partial charge is 0.339 e. The van der Waals surface area contributed by atoms with Gasteiger partial charge in [0.1, 0.15) is 0 Å². The first-order chi connectivity index (χ1) is 11.7. The van der Waals surface area contributed by atoms with E-state index in [1.807, 2.05) is 54.7 Å². The zero-order chi connectivity index (χ0) is 16.5. The van der Waals surface area contributed by atoms with Gasteiger partial charge in [-0.2, -0.15) is 4.98 Å². The molecule has 0 saturated heterocycles. The Morgan fingerprint density at radius 3 is 2.50 bits per heavy atom. The van der Waals surface area contributed by atoms with Gasteiger partial charge in [-0.3, -0.25) is 4.79 Å². The molecule has 2 aromatic carbocycles. The molecule has 0 aliphatic carbocycles. The van der Waals surface area contributed by atoms with E-state index in [0.29, 0.717) is 18.3 Å². The summed E-state index contributed by atoms with van der Waals surface area (Å²) in [4.78, 5) is 16.5. The summed E-state index contributed by atoms with van der Waals surface area (Å²) in [5.41, 5.74) is 1.92. The molecule has 4 rings (SSSR count). The van der Waals surface area contributed by atoms with Crippen molar-refractivity contribution in [2.45, 2.75) is 13.5 Å². The van der Waals surface area contributed by atoms with Crippen molar-refractivity contribution in [2.24, 2.45) is 0 Å². The quantitative estimate of drug-likeness (QED) is 0.581. The molecule has 0 radical (unpaired) electrons. The highest BCUT2D eigenvalue weighted by molar-refractivity contribution is 5.81. The molecule has 0 amide bonds. The summed E-state index contributed by atoms with van der Waals surface area (Å²) >= 11 is 0. The summed E-state index contributed by atoms with van der Waals surface area (Å²) in [6.07, 6.45) is 1.90. The summed E-state index contributed by atoms with van der Waals surface area (Å²) in [5, 5.41) is 5.92. The van der Waals surface area contributed by atoms with Crippen molar-refractivity contribution in [1.82, 2.24) is 14.7 Å². The first-order valence-electron chi connectivity index (χ1n) is 7.68. The monoisotopic (exact) mass is 317 g/mol. The van der Waals surface area contributed by atoms with Crippen LogP contribution in [0.4, 0.5) is 0 Å². The molecule has 0 unspecified atom stereocenters. The van der Waals surface area contributed by atoms with E-state index in [0.717, 1.165) is 21.9 Å². The van der Waals surface area contributed by atoms with E-state index in [1.54, 1.807) is 17.6 Å². The van der Waals surface area contributed by atoms with Crippen LogP contribution in [0.2, 0.25) is 0 Å². The topological polar surface area (TPSA) is 60.9 Å². The normalized spacial score (nSPS) is 11.0. The maximum Gasteiger partial charge on any atom is 0.251 e. The van der Waals surface area contributed by atoms with E-state index in [1.165, 1.54) is 0 Å². The van der Waals surface area contributed by atoms with Crippen LogP contribution in [0.15, 0.2) is 70.1 Å². The predicted molar refractivity (Wildman–Crippen MR) is 91.8 cm³/mol. The summed E-state index contributed by atoms with van der Waals surface area (Å²) < 4.78 is 6.71. The minimum atomic E-state index is -0.00781. The average molecular weight is 317 g/mol. The molecule has 5 nitrogen and oxygen atoms in total. The van der Waals surface area contributed by atoms with Crippen molar-refractivity contribution in [3.63, 3.8) is 0 Å². The van der Waals surface area contributed by atoms with E-state index in [-0.39, 0.29) is 5.56 Å². The molecule has 4 aromatic rings. The summed E-state index contributed by atoms with van der Waals surface area (Å²) in [7, 11) is 0. The van der Waals surface area contributed by atoms with Crippen molar-refractivity contribution < 1.29 is 4.52 Å². The van der Waals surface area contributed by atoms with E-state index in [4.69, 9.17) is 4.52 Å². The summed E-state index contributed by atoms with van der Waals surface area (Å²) in [6.45, 7) is 2.28. The lowest BCUT2D eigenvalue weighted by Crippen LogP contribution is -2.18. The van der Waals surface area contributed by atoms with Gasteiger partial charge in [-0.15, -0.1) is 0 Å². The fourth-order valence-corrected chi connectivity index (χ4v) is 2.70. The Labute approximate surface area is 138 Å². The predicted octanol–water partition coefficient (Wildman–Crippen LogP) is 3.41. The van der Waals surface area contributed by atoms with Gasteiger partial charge in [0.25, 0.3) is 5.56 Å². The first-order valence-corrected chi connectivity index (χ1v) is 7.68. The molecule has 0 N–H and O–H groups in total. The molecule has 2 aromatic heterocycles. The van der Waals surface area contributed by atoms with Gasteiger partial charge >= 0.3 is 0 Å². The Hall–Kier alpha value is -3.21. The van der Waals surface area contributed by atoms with Crippen molar-refractivity contribution >= 4 is 10.8 Å². The van der Waals surface area contributed by atoms with Gasteiger partial charge in [0.2, 0.25) is 11.7 Å². The molecule has 5 heteroatoms. The van der Waals surface area contributed by atoms with Crippen molar-refractivity contribution in [1.29, 1.82) is 0 Å². The molecule has 118 valence electrons. The van der Waals surface area contributed by atoms with Gasteiger partial charge in [-0.05, 0) is 16.3 Å². The lowest BCUT2D eigenvalue weighted by molar-refractivity contribution is 0.394. The second-order valence-electron chi connectivity index (χ2n) is 5.70. The molecule has 0 bridgehead atoms. The molecular formula is C19H15N3O2. The van der Waals surface area contributed by atoms with E-state index in [2.05, 4.69) is 10.1 Å². The number of benzene rings is 2. The number of pyridine rings is 1. The van der Waals surface area contributed by atoms with Crippen LogP contribution in [0.3, 0.4) is 0 Å². The Bertz CT molecular complexity index is 1060. The van der Waals surface area contributed by atoms with Crippen LogP contribution in [0.1, 0.15) is 11.5 Å². The van der Waals surface area contributed by atoms with Crippen LogP contribution >= 0.6 is 0 Å². The number of fused-ring (bicyclic) bond motifs is 1. The summed E-state index contributed by atoms with van der Waals surface area (Å²) in [5.74, 6) is 1.11. The van der Waals surface area contributed by atoms with Gasteiger partial charge in [0.05, 0.1) is 6.54 Å². The van der Waals surface area contributed by atoms with Gasteiger partial charge in [0, 0.05) is 24.8 Å². The fourth-order valence-electron chi connectivity index (χ4n) is 2.70. The van der Waals surface area contributed by atoms with Crippen molar-refractivity contribution in [2.75, 3.05) is 0 Å². The molecule has 0 spiro atoms. The van der Waals surface area contributed by atoms with Crippen LogP contribution in [0, 0.1) is 6.92 Å². The highest BCUT2D eigenvalue weighted by Gasteiger charge is 2.06.